The standard InChI is InChI=1S/C10H8F4O2/c11-8-3-6(16-2-1-10(13)14)4-9(12)7(8)5-15/h3-5,10H,1-2H2. The van der Waals surface area contributed by atoms with Crippen molar-refractivity contribution in [1.82, 2.24) is 0 Å². The van der Waals surface area contributed by atoms with Crippen LogP contribution in [0.5, 0.6) is 5.75 Å². The first kappa shape index (κ1) is 12.5. The first-order valence-electron chi connectivity index (χ1n) is 4.39. The van der Waals surface area contributed by atoms with Crippen LogP contribution >= 0.6 is 0 Å². The van der Waals surface area contributed by atoms with Crippen LogP contribution in [0.1, 0.15) is 16.8 Å². The summed E-state index contributed by atoms with van der Waals surface area (Å²) in [5.41, 5.74) is -0.707. The van der Waals surface area contributed by atoms with Crippen LogP contribution in [-0.4, -0.2) is 19.3 Å². The van der Waals surface area contributed by atoms with Crippen LogP contribution in [0.3, 0.4) is 0 Å². The van der Waals surface area contributed by atoms with Gasteiger partial charge < -0.3 is 4.74 Å². The smallest absolute Gasteiger partial charge is 0.241 e. The van der Waals surface area contributed by atoms with Gasteiger partial charge in [0.15, 0.2) is 6.29 Å². The molecule has 0 fully saturated rings. The normalized spacial score (nSPS) is 10.6. The van der Waals surface area contributed by atoms with Crippen LogP contribution in [0.2, 0.25) is 0 Å². The van der Waals surface area contributed by atoms with Gasteiger partial charge in [0.05, 0.1) is 12.2 Å². The van der Waals surface area contributed by atoms with E-state index in [9.17, 15) is 22.4 Å². The number of ether oxygens (including phenoxy) is 1. The highest BCUT2D eigenvalue weighted by molar-refractivity contribution is 5.75. The lowest BCUT2D eigenvalue weighted by Crippen LogP contribution is -2.04. The zero-order valence-electron chi connectivity index (χ0n) is 8.05. The Bertz CT molecular complexity index is 356. The summed E-state index contributed by atoms with van der Waals surface area (Å²) in [5.74, 6) is -2.38. The van der Waals surface area contributed by atoms with Crippen molar-refractivity contribution in [3.8, 4) is 5.75 Å². The van der Waals surface area contributed by atoms with Gasteiger partial charge >= 0.3 is 0 Å². The number of hydrogen-bond donors (Lipinski definition) is 0. The van der Waals surface area contributed by atoms with Gasteiger partial charge in [-0.3, -0.25) is 4.79 Å². The third-order valence-corrected chi connectivity index (χ3v) is 1.78. The Morgan fingerprint density at radius 2 is 1.81 bits per heavy atom. The Labute approximate surface area is 88.8 Å². The topological polar surface area (TPSA) is 26.3 Å². The molecule has 0 bridgehead atoms. The van der Waals surface area contributed by atoms with Gasteiger partial charge in [-0.05, 0) is 0 Å². The molecule has 1 aromatic rings. The minimum atomic E-state index is -2.54. The van der Waals surface area contributed by atoms with Crippen molar-refractivity contribution in [2.24, 2.45) is 0 Å². The molecule has 16 heavy (non-hydrogen) atoms. The highest BCUT2D eigenvalue weighted by Gasteiger charge is 2.11. The maximum Gasteiger partial charge on any atom is 0.241 e. The molecule has 0 amide bonds. The number of aldehydes is 1. The third kappa shape index (κ3) is 3.22. The zero-order valence-corrected chi connectivity index (χ0v) is 8.05. The van der Waals surface area contributed by atoms with Gasteiger partial charge in [-0.2, -0.15) is 0 Å². The molecule has 0 aliphatic rings. The van der Waals surface area contributed by atoms with E-state index in [1.54, 1.807) is 0 Å². The minimum Gasteiger partial charge on any atom is -0.493 e. The number of rotatable bonds is 5. The second-order valence-electron chi connectivity index (χ2n) is 2.95. The van der Waals surface area contributed by atoms with Crippen LogP contribution in [0.4, 0.5) is 17.6 Å². The second-order valence-corrected chi connectivity index (χ2v) is 2.95. The average molecular weight is 236 g/mol. The molecule has 0 aliphatic heterocycles. The van der Waals surface area contributed by atoms with Crippen LogP contribution in [0, 0.1) is 11.6 Å². The Hall–Kier alpha value is -1.59. The molecule has 1 aromatic carbocycles. The van der Waals surface area contributed by atoms with Crippen molar-refractivity contribution >= 4 is 6.29 Å². The molecule has 0 saturated heterocycles. The number of halogens is 4. The lowest BCUT2D eigenvalue weighted by atomic mass is 10.2. The van der Waals surface area contributed by atoms with E-state index < -0.39 is 30.0 Å². The fourth-order valence-corrected chi connectivity index (χ4v) is 1.02. The van der Waals surface area contributed by atoms with Gasteiger partial charge in [0.1, 0.15) is 17.4 Å². The SMILES string of the molecule is O=Cc1c(F)cc(OCCC(F)F)cc1F. The lowest BCUT2D eigenvalue weighted by molar-refractivity contribution is 0.111. The van der Waals surface area contributed by atoms with Crippen molar-refractivity contribution < 1.29 is 27.1 Å². The van der Waals surface area contributed by atoms with E-state index in [1.807, 2.05) is 0 Å². The molecule has 0 heterocycles. The third-order valence-electron chi connectivity index (χ3n) is 1.78. The van der Waals surface area contributed by atoms with Crippen molar-refractivity contribution in [2.45, 2.75) is 12.8 Å². The molecule has 0 saturated carbocycles. The molecule has 2 nitrogen and oxygen atoms in total. The number of carbonyl (C=O) groups excluding carboxylic acids is 1. The summed E-state index contributed by atoms with van der Waals surface area (Å²) in [4.78, 5) is 10.2. The van der Waals surface area contributed by atoms with Gasteiger partial charge in [0, 0.05) is 18.6 Å². The molecule has 0 atom stereocenters. The average Bonchev–Trinajstić information content (AvgIpc) is 2.16. The molecule has 0 unspecified atom stereocenters. The van der Waals surface area contributed by atoms with Crippen molar-refractivity contribution in [1.29, 1.82) is 0 Å². The minimum absolute atomic E-state index is 0.0353. The van der Waals surface area contributed by atoms with E-state index in [0.29, 0.717) is 0 Å². The van der Waals surface area contributed by atoms with Crippen LogP contribution in [0.25, 0.3) is 0 Å². The molecule has 88 valence electrons. The molecule has 0 N–H and O–H groups in total. The summed E-state index contributed by atoms with van der Waals surface area (Å²) in [6.07, 6.45) is -3.03. The van der Waals surface area contributed by atoms with Crippen LogP contribution in [0.15, 0.2) is 12.1 Å². The van der Waals surface area contributed by atoms with Gasteiger partial charge in [-0.1, -0.05) is 0 Å². The second kappa shape index (κ2) is 5.48. The summed E-state index contributed by atoms with van der Waals surface area (Å²) in [6.45, 7) is -0.350. The van der Waals surface area contributed by atoms with E-state index in [4.69, 9.17) is 4.74 Å². The van der Waals surface area contributed by atoms with Crippen molar-refractivity contribution in [3.63, 3.8) is 0 Å². The van der Waals surface area contributed by atoms with E-state index in [2.05, 4.69) is 0 Å². The summed E-state index contributed by atoms with van der Waals surface area (Å²) >= 11 is 0. The first-order valence-corrected chi connectivity index (χ1v) is 4.39. The predicted octanol–water partition coefficient (Wildman–Crippen LogP) is 2.81. The van der Waals surface area contributed by atoms with Crippen molar-refractivity contribution in [2.75, 3.05) is 6.61 Å². The van der Waals surface area contributed by atoms with Gasteiger partial charge in [0.25, 0.3) is 0 Å². The molecular weight excluding hydrogens is 228 g/mol. The quantitative estimate of drug-likeness (QED) is 0.580. The zero-order chi connectivity index (χ0) is 12.1. The molecule has 0 aliphatic carbocycles. The van der Waals surface area contributed by atoms with Crippen molar-refractivity contribution in [3.05, 3.63) is 29.3 Å². The Morgan fingerprint density at radius 3 is 2.25 bits per heavy atom. The number of alkyl halides is 2. The highest BCUT2D eigenvalue weighted by atomic mass is 19.3. The van der Waals surface area contributed by atoms with Crippen LogP contribution in [-0.2, 0) is 0 Å². The van der Waals surface area contributed by atoms with E-state index in [0.717, 1.165) is 12.1 Å². The molecule has 0 spiro atoms. The summed E-state index contributed by atoms with van der Waals surface area (Å²) in [5, 5.41) is 0. The fraction of sp³-hybridized carbons (Fsp3) is 0.300. The molecular formula is C10H8F4O2. The van der Waals surface area contributed by atoms with Gasteiger partial charge in [-0.15, -0.1) is 0 Å². The summed E-state index contributed by atoms with van der Waals surface area (Å²) < 4.78 is 54.2. The number of benzene rings is 1. The highest BCUT2D eigenvalue weighted by Crippen LogP contribution is 2.19. The predicted molar refractivity (Wildman–Crippen MR) is 47.9 cm³/mol. The molecule has 1 rings (SSSR count). The van der Waals surface area contributed by atoms with Gasteiger partial charge in [-0.25, -0.2) is 17.6 Å². The molecule has 0 radical (unpaired) electrons. The van der Waals surface area contributed by atoms with E-state index in [-0.39, 0.29) is 18.6 Å². The fourth-order valence-electron chi connectivity index (χ4n) is 1.02. The van der Waals surface area contributed by atoms with Gasteiger partial charge in [0.2, 0.25) is 6.43 Å². The Kier molecular flexibility index (Phi) is 4.28. The van der Waals surface area contributed by atoms with E-state index >= 15 is 0 Å². The maximum absolute atomic E-state index is 13.0. The largest absolute Gasteiger partial charge is 0.493 e. The van der Waals surface area contributed by atoms with E-state index in [1.165, 1.54) is 0 Å². The Morgan fingerprint density at radius 1 is 1.25 bits per heavy atom. The summed E-state index contributed by atoms with van der Waals surface area (Å²) in [7, 11) is 0. The molecule has 6 heteroatoms. The Balaban J connectivity index is 2.72. The maximum atomic E-state index is 13.0. The first-order chi connectivity index (χ1) is 7.54. The molecule has 0 aromatic heterocycles. The van der Waals surface area contributed by atoms with Crippen LogP contribution < -0.4 is 4.74 Å². The number of hydrogen-bond acceptors (Lipinski definition) is 2. The number of carbonyl (C=O) groups is 1. The lowest BCUT2D eigenvalue weighted by Gasteiger charge is -2.07. The summed E-state index contributed by atoms with van der Waals surface area (Å²) in [6, 6.07) is 1.55. The monoisotopic (exact) mass is 236 g/mol.